The monoisotopic (exact) mass is 432 g/mol. The van der Waals surface area contributed by atoms with Crippen molar-refractivity contribution in [2.45, 2.75) is 6.61 Å². The Morgan fingerprint density at radius 1 is 1.19 bits per heavy atom. The molecule has 2 aromatic carbocycles. The van der Waals surface area contributed by atoms with Crippen LogP contribution in [0.4, 0.5) is 0 Å². The molecule has 0 unspecified atom stereocenters. The fourth-order valence-electron chi connectivity index (χ4n) is 3.22. The number of ether oxygens (including phenoxy) is 1. The molecule has 7 heteroatoms. The third kappa shape index (κ3) is 4.42. The standard InChI is InChI=1S/C24H20N2O4S/c1-30-22-12-16(7-9-18(22)15-27)8-10-21(28)17-4-2-5-19(13-17)26-14-20(25-24(26)29)23-6-3-11-31-23/h2-14,27H,15H2,1H3,(H,25,29)/b10-8+. The third-order valence-corrected chi connectivity index (χ3v) is 5.73. The van der Waals surface area contributed by atoms with Crippen LogP contribution in [0.1, 0.15) is 21.5 Å². The fraction of sp³-hybridized carbons (Fsp3) is 0.0833. The molecule has 0 aliphatic carbocycles. The summed E-state index contributed by atoms with van der Waals surface area (Å²) in [5.74, 6) is 0.376. The number of aromatic amines is 1. The molecule has 0 aliphatic rings. The summed E-state index contributed by atoms with van der Waals surface area (Å²) in [6.07, 6.45) is 4.90. The first kappa shape index (κ1) is 20.6. The van der Waals surface area contributed by atoms with E-state index in [-0.39, 0.29) is 18.1 Å². The van der Waals surface area contributed by atoms with Crippen molar-refractivity contribution in [3.8, 4) is 22.0 Å². The summed E-state index contributed by atoms with van der Waals surface area (Å²) < 4.78 is 6.75. The Hall–Kier alpha value is -3.68. The predicted molar refractivity (Wildman–Crippen MR) is 122 cm³/mol. The zero-order valence-corrected chi connectivity index (χ0v) is 17.6. The second kappa shape index (κ2) is 8.99. The number of imidazole rings is 1. The minimum atomic E-state index is -0.264. The smallest absolute Gasteiger partial charge is 0.330 e. The van der Waals surface area contributed by atoms with Crippen LogP contribution in [0.5, 0.6) is 5.75 Å². The fourth-order valence-corrected chi connectivity index (χ4v) is 3.91. The Kier molecular flexibility index (Phi) is 5.97. The molecule has 4 aromatic rings. The van der Waals surface area contributed by atoms with Gasteiger partial charge in [-0.1, -0.05) is 36.4 Å². The van der Waals surface area contributed by atoms with E-state index in [1.807, 2.05) is 17.5 Å². The van der Waals surface area contributed by atoms with Gasteiger partial charge in [0, 0.05) is 17.3 Å². The maximum absolute atomic E-state index is 12.7. The second-order valence-electron chi connectivity index (χ2n) is 6.80. The van der Waals surface area contributed by atoms with Crippen molar-refractivity contribution in [2.75, 3.05) is 7.11 Å². The zero-order chi connectivity index (χ0) is 21.8. The van der Waals surface area contributed by atoms with E-state index in [0.29, 0.717) is 22.6 Å². The second-order valence-corrected chi connectivity index (χ2v) is 7.75. The van der Waals surface area contributed by atoms with E-state index < -0.39 is 0 Å². The molecule has 156 valence electrons. The van der Waals surface area contributed by atoms with Gasteiger partial charge in [-0.25, -0.2) is 4.79 Å². The molecule has 0 amide bonds. The first-order valence-corrected chi connectivity index (χ1v) is 10.4. The van der Waals surface area contributed by atoms with Crippen LogP contribution in [-0.4, -0.2) is 27.6 Å². The molecule has 2 N–H and O–H groups in total. The number of rotatable bonds is 7. The van der Waals surface area contributed by atoms with Crippen molar-refractivity contribution in [3.05, 3.63) is 99.4 Å². The van der Waals surface area contributed by atoms with Crippen molar-refractivity contribution >= 4 is 23.2 Å². The highest BCUT2D eigenvalue weighted by molar-refractivity contribution is 7.13. The van der Waals surface area contributed by atoms with Crippen molar-refractivity contribution in [1.29, 1.82) is 0 Å². The predicted octanol–water partition coefficient (Wildman–Crippen LogP) is 4.29. The molecule has 0 atom stereocenters. The number of hydrogen-bond acceptors (Lipinski definition) is 5. The molecule has 0 radical (unpaired) electrons. The number of thiophene rings is 1. The number of methoxy groups -OCH3 is 1. The van der Waals surface area contributed by atoms with Crippen molar-refractivity contribution in [1.82, 2.24) is 9.55 Å². The minimum absolute atomic E-state index is 0.119. The molecular weight excluding hydrogens is 412 g/mol. The van der Waals surface area contributed by atoms with Gasteiger partial charge < -0.3 is 14.8 Å². The van der Waals surface area contributed by atoms with E-state index in [2.05, 4.69) is 4.98 Å². The molecule has 2 aromatic heterocycles. The summed E-state index contributed by atoms with van der Waals surface area (Å²) >= 11 is 1.54. The van der Waals surface area contributed by atoms with Crippen LogP contribution in [-0.2, 0) is 6.61 Å². The van der Waals surface area contributed by atoms with Gasteiger partial charge in [-0.05, 0) is 41.3 Å². The summed E-state index contributed by atoms with van der Waals surface area (Å²) in [6, 6.07) is 16.1. The van der Waals surface area contributed by atoms with Crippen LogP contribution in [0.2, 0.25) is 0 Å². The number of aromatic nitrogens is 2. The molecule has 4 rings (SSSR count). The Morgan fingerprint density at radius 2 is 2.06 bits per heavy atom. The Morgan fingerprint density at radius 3 is 2.81 bits per heavy atom. The zero-order valence-electron chi connectivity index (χ0n) is 16.7. The Labute approximate surface area is 182 Å². The number of hydrogen-bond donors (Lipinski definition) is 2. The lowest BCUT2D eigenvalue weighted by Crippen LogP contribution is -2.14. The maximum Gasteiger partial charge on any atom is 0.330 e. The lowest BCUT2D eigenvalue weighted by molar-refractivity contribution is 0.104. The van der Waals surface area contributed by atoms with Gasteiger partial charge in [0.2, 0.25) is 0 Å². The van der Waals surface area contributed by atoms with Crippen LogP contribution >= 0.6 is 11.3 Å². The maximum atomic E-state index is 12.7. The normalized spacial score (nSPS) is 11.2. The lowest BCUT2D eigenvalue weighted by atomic mass is 10.1. The van der Waals surface area contributed by atoms with Crippen molar-refractivity contribution in [3.63, 3.8) is 0 Å². The highest BCUT2D eigenvalue weighted by Crippen LogP contribution is 2.23. The molecule has 0 saturated carbocycles. The van der Waals surface area contributed by atoms with Gasteiger partial charge in [0.05, 0.1) is 30.0 Å². The molecule has 0 bridgehead atoms. The third-order valence-electron chi connectivity index (χ3n) is 4.82. The molecule has 0 spiro atoms. The average molecular weight is 433 g/mol. The molecule has 2 heterocycles. The Balaban J connectivity index is 1.58. The van der Waals surface area contributed by atoms with Gasteiger partial charge in [0.1, 0.15) is 5.75 Å². The minimum Gasteiger partial charge on any atom is -0.496 e. The van der Waals surface area contributed by atoms with E-state index in [9.17, 15) is 14.7 Å². The van der Waals surface area contributed by atoms with Crippen LogP contribution in [0.3, 0.4) is 0 Å². The van der Waals surface area contributed by atoms with Gasteiger partial charge in [-0.2, -0.15) is 0 Å². The number of carbonyl (C=O) groups is 1. The largest absolute Gasteiger partial charge is 0.496 e. The SMILES string of the molecule is COc1cc(/C=C/C(=O)c2cccc(-n3cc(-c4cccs4)[nH]c3=O)c2)ccc1CO. The topological polar surface area (TPSA) is 84.3 Å². The number of carbonyl (C=O) groups excluding carboxylic acids is 1. The number of aliphatic hydroxyl groups is 1. The Bertz CT molecular complexity index is 1300. The van der Waals surface area contributed by atoms with E-state index in [4.69, 9.17) is 4.74 Å². The molecule has 0 aliphatic heterocycles. The molecule has 0 fully saturated rings. The number of nitrogens with zero attached hydrogens (tertiary/aromatic N) is 1. The summed E-state index contributed by atoms with van der Waals surface area (Å²) in [6.45, 7) is -0.119. The summed E-state index contributed by atoms with van der Waals surface area (Å²) in [5.41, 5.74) is 3.01. The molecule has 0 saturated heterocycles. The summed E-state index contributed by atoms with van der Waals surface area (Å²) in [4.78, 5) is 28.9. The van der Waals surface area contributed by atoms with Crippen molar-refractivity contribution < 1.29 is 14.6 Å². The van der Waals surface area contributed by atoms with E-state index in [0.717, 1.165) is 16.1 Å². The van der Waals surface area contributed by atoms with Gasteiger partial charge in [0.25, 0.3) is 0 Å². The highest BCUT2D eigenvalue weighted by Gasteiger charge is 2.10. The number of ketones is 1. The van der Waals surface area contributed by atoms with Crippen LogP contribution in [0.15, 0.2) is 77.0 Å². The number of nitrogens with one attached hydrogen (secondary N) is 1. The van der Waals surface area contributed by atoms with Gasteiger partial charge >= 0.3 is 5.69 Å². The van der Waals surface area contributed by atoms with Crippen LogP contribution in [0, 0.1) is 0 Å². The molecule has 6 nitrogen and oxygen atoms in total. The van der Waals surface area contributed by atoms with Crippen LogP contribution < -0.4 is 10.4 Å². The number of H-pyrrole nitrogens is 1. The van der Waals surface area contributed by atoms with Gasteiger partial charge in [-0.15, -0.1) is 11.3 Å². The van der Waals surface area contributed by atoms with E-state index >= 15 is 0 Å². The van der Waals surface area contributed by atoms with Crippen LogP contribution in [0.25, 0.3) is 22.3 Å². The molecular formula is C24H20N2O4S. The number of allylic oxidation sites excluding steroid dienone is 1. The summed E-state index contributed by atoms with van der Waals surface area (Å²) in [5, 5.41) is 11.3. The van der Waals surface area contributed by atoms with Crippen molar-refractivity contribution in [2.24, 2.45) is 0 Å². The average Bonchev–Trinajstić information content (AvgIpc) is 3.47. The number of benzene rings is 2. The van der Waals surface area contributed by atoms with E-state index in [1.54, 1.807) is 66.1 Å². The first-order valence-electron chi connectivity index (χ1n) is 9.55. The molecule has 31 heavy (non-hydrogen) atoms. The van der Waals surface area contributed by atoms with Gasteiger partial charge in [0.15, 0.2) is 5.78 Å². The lowest BCUT2D eigenvalue weighted by Gasteiger charge is -2.06. The number of aliphatic hydroxyl groups excluding tert-OH is 1. The van der Waals surface area contributed by atoms with Gasteiger partial charge in [-0.3, -0.25) is 9.36 Å². The van der Waals surface area contributed by atoms with E-state index in [1.165, 1.54) is 17.8 Å². The highest BCUT2D eigenvalue weighted by atomic mass is 32.1. The quantitative estimate of drug-likeness (QED) is 0.337. The summed E-state index contributed by atoms with van der Waals surface area (Å²) in [7, 11) is 1.53. The first-order chi connectivity index (χ1) is 15.1.